The summed E-state index contributed by atoms with van der Waals surface area (Å²) < 4.78 is 25.5. The first-order chi connectivity index (χ1) is 13.7. The van der Waals surface area contributed by atoms with E-state index in [0.717, 1.165) is 17.7 Å². The lowest BCUT2D eigenvalue weighted by Crippen LogP contribution is -2.34. The Morgan fingerprint density at radius 1 is 1.17 bits per heavy atom. The lowest BCUT2D eigenvalue weighted by atomic mass is 10.1. The van der Waals surface area contributed by atoms with E-state index in [2.05, 4.69) is 5.32 Å². The molecule has 0 aromatic heterocycles. The smallest absolute Gasteiger partial charge is 0.255 e. The van der Waals surface area contributed by atoms with Crippen molar-refractivity contribution in [1.29, 1.82) is 0 Å². The second-order valence-electron chi connectivity index (χ2n) is 7.61. The highest BCUT2D eigenvalue weighted by Gasteiger charge is 2.32. The summed E-state index contributed by atoms with van der Waals surface area (Å²) in [4.78, 5) is 26.4. The molecule has 1 atom stereocenters. The highest BCUT2D eigenvalue weighted by molar-refractivity contribution is 7.92. The van der Waals surface area contributed by atoms with E-state index in [9.17, 15) is 18.0 Å². The van der Waals surface area contributed by atoms with Crippen molar-refractivity contribution < 1.29 is 18.0 Å². The van der Waals surface area contributed by atoms with Gasteiger partial charge in [0.25, 0.3) is 5.91 Å². The predicted octanol–water partition coefficient (Wildman–Crippen LogP) is 2.78. The molecule has 0 aliphatic carbocycles. The lowest BCUT2D eigenvalue weighted by Gasteiger charge is -2.22. The molecule has 0 spiro atoms. The Morgan fingerprint density at radius 3 is 2.66 bits per heavy atom. The van der Waals surface area contributed by atoms with Crippen LogP contribution in [0.5, 0.6) is 0 Å². The first-order valence-electron chi connectivity index (χ1n) is 9.58. The number of carbonyl (C=O) groups is 2. The number of amides is 2. The molecular formula is C21H23N3O4S. The number of hydrogen-bond donors (Lipinski definition) is 1. The van der Waals surface area contributed by atoms with E-state index in [-0.39, 0.29) is 17.9 Å². The summed E-state index contributed by atoms with van der Waals surface area (Å²) in [6.45, 7) is 2.54. The number of anilines is 3. The van der Waals surface area contributed by atoms with Crippen LogP contribution in [-0.2, 0) is 21.2 Å². The third-order valence-electron chi connectivity index (χ3n) is 5.34. The number of benzene rings is 2. The molecule has 29 heavy (non-hydrogen) atoms. The van der Waals surface area contributed by atoms with Gasteiger partial charge in [-0.2, -0.15) is 0 Å². The van der Waals surface area contributed by atoms with Gasteiger partial charge in [-0.1, -0.05) is 6.07 Å². The van der Waals surface area contributed by atoms with Crippen molar-refractivity contribution in [1.82, 2.24) is 0 Å². The summed E-state index contributed by atoms with van der Waals surface area (Å²) in [6.07, 6.45) is 3.15. The van der Waals surface area contributed by atoms with E-state index in [1.54, 1.807) is 35.2 Å². The highest BCUT2D eigenvalue weighted by atomic mass is 32.2. The molecular weight excluding hydrogens is 390 g/mol. The fraction of sp³-hybridized carbons (Fsp3) is 0.333. The molecule has 0 saturated carbocycles. The van der Waals surface area contributed by atoms with Crippen LogP contribution in [0.2, 0.25) is 0 Å². The Balaban J connectivity index is 1.55. The first-order valence-corrected chi connectivity index (χ1v) is 11.4. The van der Waals surface area contributed by atoms with E-state index in [0.29, 0.717) is 36.3 Å². The number of nitrogens with one attached hydrogen (secondary N) is 1. The van der Waals surface area contributed by atoms with Crippen LogP contribution in [0.1, 0.15) is 35.7 Å². The number of fused-ring (bicyclic) bond motifs is 1. The van der Waals surface area contributed by atoms with Gasteiger partial charge < -0.3 is 10.2 Å². The fourth-order valence-electron chi connectivity index (χ4n) is 4.13. The quantitative estimate of drug-likeness (QED) is 0.835. The number of carbonyl (C=O) groups excluding carboxylic acids is 2. The fourth-order valence-corrected chi connectivity index (χ4v) is 5.39. The van der Waals surface area contributed by atoms with Crippen LogP contribution in [0.15, 0.2) is 42.5 Å². The zero-order chi connectivity index (χ0) is 20.8. The first kappa shape index (κ1) is 19.4. The molecule has 0 unspecified atom stereocenters. The molecule has 0 bridgehead atoms. The summed E-state index contributed by atoms with van der Waals surface area (Å²) in [7, 11) is -3.36. The maximum Gasteiger partial charge on any atom is 0.255 e. The summed E-state index contributed by atoms with van der Waals surface area (Å²) >= 11 is 0. The van der Waals surface area contributed by atoms with Gasteiger partial charge in [-0.25, -0.2) is 8.42 Å². The zero-order valence-corrected chi connectivity index (χ0v) is 17.2. The van der Waals surface area contributed by atoms with Gasteiger partial charge in [0.15, 0.2) is 0 Å². The van der Waals surface area contributed by atoms with Crippen LogP contribution in [0.25, 0.3) is 0 Å². The monoisotopic (exact) mass is 413 g/mol. The van der Waals surface area contributed by atoms with Gasteiger partial charge in [0.2, 0.25) is 15.9 Å². The summed E-state index contributed by atoms with van der Waals surface area (Å²) in [5.41, 5.74) is 3.32. The van der Waals surface area contributed by atoms with Crippen LogP contribution in [-0.4, -0.2) is 39.1 Å². The molecule has 2 aromatic rings. The van der Waals surface area contributed by atoms with E-state index < -0.39 is 10.0 Å². The minimum atomic E-state index is -3.36. The Labute approximate surface area is 170 Å². The highest BCUT2D eigenvalue weighted by Crippen LogP contribution is 2.35. The Hall–Kier alpha value is -2.87. The number of nitrogens with zero attached hydrogens (tertiary/aromatic N) is 2. The molecule has 152 valence electrons. The number of sulfonamides is 1. The van der Waals surface area contributed by atoms with Crippen molar-refractivity contribution in [3.05, 3.63) is 53.6 Å². The second-order valence-corrected chi connectivity index (χ2v) is 9.47. The van der Waals surface area contributed by atoms with Gasteiger partial charge in [-0.15, -0.1) is 0 Å². The second kappa shape index (κ2) is 7.18. The van der Waals surface area contributed by atoms with Gasteiger partial charge in [0.05, 0.1) is 11.9 Å². The molecule has 4 rings (SSSR count). The Kier molecular flexibility index (Phi) is 4.82. The third-order valence-corrected chi connectivity index (χ3v) is 6.61. The van der Waals surface area contributed by atoms with Crippen LogP contribution in [0.3, 0.4) is 0 Å². The van der Waals surface area contributed by atoms with Crippen LogP contribution < -0.4 is 14.5 Å². The van der Waals surface area contributed by atoms with Crippen molar-refractivity contribution in [2.45, 2.75) is 32.2 Å². The van der Waals surface area contributed by atoms with E-state index in [1.807, 2.05) is 19.1 Å². The van der Waals surface area contributed by atoms with Crippen LogP contribution >= 0.6 is 0 Å². The molecule has 2 aromatic carbocycles. The maximum atomic E-state index is 12.7. The van der Waals surface area contributed by atoms with Gasteiger partial charge in [0.1, 0.15) is 0 Å². The molecule has 7 nitrogen and oxygen atoms in total. The van der Waals surface area contributed by atoms with Crippen molar-refractivity contribution in [2.24, 2.45) is 0 Å². The average Bonchev–Trinajstić information content (AvgIpc) is 3.22. The van der Waals surface area contributed by atoms with Crippen molar-refractivity contribution in [3.8, 4) is 0 Å². The normalized spacial score (nSPS) is 18.8. The largest absolute Gasteiger partial charge is 0.322 e. The summed E-state index contributed by atoms with van der Waals surface area (Å²) in [6, 6.07) is 12.1. The van der Waals surface area contributed by atoms with Crippen molar-refractivity contribution in [3.63, 3.8) is 0 Å². The van der Waals surface area contributed by atoms with E-state index in [4.69, 9.17) is 0 Å². The number of hydrogen-bond acceptors (Lipinski definition) is 4. The van der Waals surface area contributed by atoms with Crippen molar-refractivity contribution in [2.75, 3.05) is 27.3 Å². The molecule has 1 fully saturated rings. The molecule has 1 saturated heterocycles. The molecule has 2 aliphatic rings. The minimum absolute atomic E-state index is 0.0941. The zero-order valence-electron chi connectivity index (χ0n) is 16.4. The molecule has 8 heteroatoms. The van der Waals surface area contributed by atoms with Gasteiger partial charge >= 0.3 is 0 Å². The van der Waals surface area contributed by atoms with E-state index in [1.165, 1.54) is 10.6 Å². The third kappa shape index (κ3) is 3.72. The Bertz CT molecular complexity index is 1100. The van der Waals surface area contributed by atoms with Gasteiger partial charge in [0, 0.05) is 35.9 Å². The molecule has 1 N–H and O–H groups in total. The van der Waals surface area contributed by atoms with Gasteiger partial charge in [-0.05, 0) is 61.7 Å². The van der Waals surface area contributed by atoms with Gasteiger partial charge in [-0.3, -0.25) is 13.9 Å². The topological polar surface area (TPSA) is 86.8 Å². The van der Waals surface area contributed by atoms with Crippen LogP contribution in [0.4, 0.5) is 17.1 Å². The predicted molar refractivity (Wildman–Crippen MR) is 113 cm³/mol. The standard InChI is InChI=1S/C21H23N3O4S/c1-14-11-16-12-15(8-9-19(16)24(14)29(2,27)28)21(26)22-17-5-3-6-18(13-17)23-10-4-7-20(23)25/h3,5-6,8-9,12-14H,4,7,10-11H2,1-2H3,(H,22,26)/t14-/m0/s1. The van der Waals surface area contributed by atoms with E-state index >= 15 is 0 Å². The minimum Gasteiger partial charge on any atom is -0.322 e. The maximum absolute atomic E-state index is 12.7. The average molecular weight is 413 g/mol. The van der Waals surface area contributed by atoms with Crippen LogP contribution in [0, 0.1) is 0 Å². The Morgan fingerprint density at radius 2 is 1.97 bits per heavy atom. The SMILES string of the molecule is C[C@H]1Cc2cc(C(=O)Nc3cccc(N4CCCC4=O)c3)ccc2N1S(C)(=O)=O. The van der Waals surface area contributed by atoms with Crippen molar-refractivity contribution >= 4 is 38.9 Å². The summed E-state index contributed by atoms with van der Waals surface area (Å²) in [5, 5.41) is 2.87. The molecule has 0 radical (unpaired) electrons. The summed E-state index contributed by atoms with van der Waals surface area (Å²) in [5.74, 6) is -0.181. The molecule has 2 amide bonds. The number of rotatable bonds is 4. The molecule has 2 heterocycles. The molecule has 2 aliphatic heterocycles. The lowest BCUT2D eigenvalue weighted by molar-refractivity contribution is -0.117.